The van der Waals surface area contributed by atoms with Crippen LogP contribution in [-0.2, 0) is 4.79 Å². The Morgan fingerprint density at radius 1 is 1.39 bits per heavy atom. The van der Waals surface area contributed by atoms with Gasteiger partial charge < -0.3 is 15.3 Å². The SMILES string of the molecule is CC1CSCCN1C(=O)N[C@H]1CC[C@@H](C(=O)O)C1. The Morgan fingerprint density at radius 2 is 2.17 bits per heavy atom. The molecule has 102 valence electrons. The molecule has 2 N–H and O–H groups in total. The number of amides is 2. The number of carboxylic acid groups (broad SMARTS) is 1. The van der Waals surface area contributed by atoms with Crippen LogP contribution < -0.4 is 5.32 Å². The molecule has 2 fully saturated rings. The molecule has 0 bridgehead atoms. The minimum Gasteiger partial charge on any atom is -0.481 e. The number of hydrogen-bond acceptors (Lipinski definition) is 3. The Morgan fingerprint density at radius 3 is 2.78 bits per heavy atom. The summed E-state index contributed by atoms with van der Waals surface area (Å²) >= 11 is 1.87. The fraction of sp³-hybridized carbons (Fsp3) is 0.833. The Bertz CT molecular complexity index is 337. The molecule has 5 nitrogen and oxygen atoms in total. The minimum absolute atomic E-state index is 0.0281. The van der Waals surface area contributed by atoms with E-state index in [0.29, 0.717) is 12.8 Å². The van der Waals surface area contributed by atoms with Crippen molar-refractivity contribution in [3.63, 3.8) is 0 Å². The summed E-state index contributed by atoms with van der Waals surface area (Å²) in [5.74, 6) is 0.940. The molecule has 0 aromatic rings. The number of carboxylic acids is 1. The van der Waals surface area contributed by atoms with Gasteiger partial charge >= 0.3 is 12.0 Å². The van der Waals surface area contributed by atoms with Gasteiger partial charge in [-0.3, -0.25) is 4.79 Å². The Labute approximate surface area is 111 Å². The summed E-state index contributed by atoms with van der Waals surface area (Å²) in [5.41, 5.74) is 0. The van der Waals surface area contributed by atoms with Crippen LogP contribution in [0.5, 0.6) is 0 Å². The number of nitrogens with one attached hydrogen (secondary N) is 1. The summed E-state index contributed by atoms with van der Waals surface area (Å²) in [6.45, 7) is 2.84. The predicted molar refractivity (Wildman–Crippen MR) is 70.8 cm³/mol. The molecule has 1 saturated heterocycles. The number of urea groups is 1. The van der Waals surface area contributed by atoms with E-state index < -0.39 is 5.97 Å². The van der Waals surface area contributed by atoms with Crippen molar-refractivity contribution in [2.75, 3.05) is 18.1 Å². The van der Waals surface area contributed by atoms with Gasteiger partial charge in [0.1, 0.15) is 0 Å². The van der Waals surface area contributed by atoms with Gasteiger partial charge in [-0.2, -0.15) is 11.8 Å². The lowest BCUT2D eigenvalue weighted by Crippen LogP contribution is -2.51. The van der Waals surface area contributed by atoms with Crippen molar-refractivity contribution in [3.8, 4) is 0 Å². The summed E-state index contributed by atoms with van der Waals surface area (Å²) in [4.78, 5) is 24.8. The van der Waals surface area contributed by atoms with Gasteiger partial charge in [-0.15, -0.1) is 0 Å². The molecule has 1 unspecified atom stereocenters. The zero-order valence-electron chi connectivity index (χ0n) is 10.6. The van der Waals surface area contributed by atoms with Crippen molar-refractivity contribution in [3.05, 3.63) is 0 Å². The first-order chi connectivity index (χ1) is 8.58. The van der Waals surface area contributed by atoms with Crippen LogP contribution in [0.4, 0.5) is 4.79 Å². The summed E-state index contributed by atoms with van der Waals surface area (Å²) in [6.07, 6.45) is 2.02. The maximum Gasteiger partial charge on any atom is 0.317 e. The van der Waals surface area contributed by atoms with Crippen molar-refractivity contribution in [1.29, 1.82) is 0 Å². The molecular weight excluding hydrogens is 252 g/mol. The van der Waals surface area contributed by atoms with E-state index in [0.717, 1.165) is 24.5 Å². The number of aliphatic carboxylic acids is 1. The molecule has 0 spiro atoms. The maximum absolute atomic E-state index is 12.1. The molecule has 0 aromatic heterocycles. The third kappa shape index (κ3) is 3.10. The van der Waals surface area contributed by atoms with Crippen LogP contribution in [0.25, 0.3) is 0 Å². The highest BCUT2D eigenvalue weighted by Crippen LogP contribution is 2.26. The molecule has 2 amide bonds. The van der Waals surface area contributed by atoms with E-state index in [-0.39, 0.29) is 24.0 Å². The van der Waals surface area contributed by atoms with Crippen molar-refractivity contribution < 1.29 is 14.7 Å². The molecule has 2 aliphatic rings. The Kier molecular flexibility index (Phi) is 4.37. The number of carbonyl (C=O) groups is 2. The van der Waals surface area contributed by atoms with Gasteiger partial charge in [0.25, 0.3) is 0 Å². The topological polar surface area (TPSA) is 69.6 Å². The molecular formula is C12H20N2O3S. The second kappa shape index (κ2) is 5.82. The first-order valence-corrected chi connectivity index (χ1v) is 7.61. The Hall–Kier alpha value is -0.910. The first-order valence-electron chi connectivity index (χ1n) is 6.45. The quantitative estimate of drug-likeness (QED) is 0.797. The number of hydrogen-bond donors (Lipinski definition) is 2. The van der Waals surface area contributed by atoms with E-state index in [4.69, 9.17) is 5.11 Å². The smallest absolute Gasteiger partial charge is 0.317 e. The fourth-order valence-corrected chi connectivity index (χ4v) is 3.64. The highest BCUT2D eigenvalue weighted by molar-refractivity contribution is 7.99. The largest absolute Gasteiger partial charge is 0.481 e. The van der Waals surface area contributed by atoms with Crippen LogP contribution in [0.2, 0.25) is 0 Å². The fourth-order valence-electron chi connectivity index (χ4n) is 2.62. The standard InChI is InChI=1S/C12H20N2O3S/c1-8-7-18-5-4-14(8)12(17)13-10-3-2-9(6-10)11(15)16/h8-10H,2-7H2,1H3,(H,13,17)(H,15,16)/t8?,9-,10+/m1/s1. The average molecular weight is 272 g/mol. The molecule has 1 aliphatic heterocycles. The number of thioether (sulfide) groups is 1. The van der Waals surface area contributed by atoms with Gasteiger partial charge in [0.05, 0.1) is 5.92 Å². The molecule has 3 atom stereocenters. The molecule has 0 radical (unpaired) electrons. The van der Waals surface area contributed by atoms with Gasteiger partial charge in [-0.25, -0.2) is 4.79 Å². The van der Waals surface area contributed by atoms with Crippen molar-refractivity contribution in [2.45, 2.75) is 38.3 Å². The Balaban J connectivity index is 1.82. The maximum atomic E-state index is 12.1. The van der Waals surface area contributed by atoms with E-state index in [1.165, 1.54) is 0 Å². The predicted octanol–water partition coefficient (Wildman–Crippen LogP) is 1.39. The molecule has 0 aromatic carbocycles. The summed E-state index contributed by atoms with van der Waals surface area (Å²) in [6, 6.07) is 0.264. The van der Waals surface area contributed by atoms with Crippen LogP contribution in [0.15, 0.2) is 0 Å². The highest BCUT2D eigenvalue weighted by Gasteiger charge is 2.32. The first kappa shape index (κ1) is 13.5. The van der Waals surface area contributed by atoms with Crippen LogP contribution in [-0.4, -0.2) is 52.1 Å². The highest BCUT2D eigenvalue weighted by atomic mass is 32.2. The van der Waals surface area contributed by atoms with Crippen molar-refractivity contribution in [2.24, 2.45) is 5.92 Å². The van der Waals surface area contributed by atoms with Crippen molar-refractivity contribution >= 4 is 23.8 Å². The van der Waals surface area contributed by atoms with E-state index in [2.05, 4.69) is 12.2 Å². The number of rotatable bonds is 2. The van der Waals surface area contributed by atoms with E-state index in [1.807, 2.05) is 16.7 Å². The third-order valence-electron chi connectivity index (χ3n) is 3.74. The normalized spacial score (nSPS) is 32.3. The second-order valence-electron chi connectivity index (χ2n) is 5.11. The van der Waals surface area contributed by atoms with Gasteiger partial charge in [0.2, 0.25) is 0 Å². The minimum atomic E-state index is -0.741. The molecule has 1 aliphatic carbocycles. The zero-order valence-corrected chi connectivity index (χ0v) is 11.4. The van der Waals surface area contributed by atoms with E-state index >= 15 is 0 Å². The van der Waals surface area contributed by atoms with Crippen LogP contribution in [0, 0.1) is 5.92 Å². The zero-order chi connectivity index (χ0) is 13.1. The lowest BCUT2D eigenvalue weighted by Gasteiger charge is -2.34. The monoisotopic (exact) mass is 272 g/mol. The van der Waals surface area contributed by atoms with Crippen LogP contribution in [0.3, 0.4) is 0 Å². The summed E-state index contributed by atoms with van der Waals surface area (Å²) in [5, 5.41) is 11.9. The molecule has 1 saturated carbocycles. The van der Waals surface area contributed by atoms with Gasteiger partial charge in [-0.05, 0) is 26.2 Å². The molecule has 18 heavy (non-hydrogen) atoms. The van der Waals surface area contributed by atoms with E-state index in [1.54, 1.807) is 0 Å². The third-order valence-corrected chi connectivity index (χ3v) is 4.93. The van der Waals surface area contributed by atoms with Gasteiger partial charge in [0.15, 0.2) is 0 Å². The van der Waals surface area contributed by atoms with Gasteiger partial charge in [-0.1, -0.05) is 0 Å². The number of nitrogens with zero attached hydrogens (tertiary/aromatic N) is 1. The second-order valence-corrected chi connectivity index (χ2v) is 6.26. The van der Waals surface area contributed by atoms with Crippen LogP contribution >= 0.6 is 11.8 Å². The molecule has 2 rings (SSSR count). The van der Waals surface area contributed by atoms with Crippen LogP contribution in [0.1, 0.15) is 26.2 Å². The molecule has 1 heterocycles. The lowest BCUT2D eigenvalue weighted by molar-refractivity contribution is -0.141. The van der Waals surface area contributed by atoms with Gasteiger partial charge in [0, 0.05) is 30.1 Å². The molecule has 6 heteroatoms. The summed E-state index contributed by atoms with van der Waals surface area (Å²) < 4.78 is 0. The average Bonchev–Trinajstić information content (AvgIpc) is 2.78. The number of carbonyl (C=O) groups excluding carboxylic acids is 1. The van der Waals surface area contributed by atoms with E-state index in [9.17, 15) is 9.59 Å². The van der Waals surface area contributed by atoms with Crippen molar-refractivity contribution in [1.82, 2.24) is 10.2 Å². The summed E-state index contributed by atoms with van der Waals surface area (Å²) in [7, 11) is 0. The lowest BCUT2D eigenvalue weighted by atomic mass is 10.1.